The molecule has 0 atom stereocenters. The molecule has 0 aliphatic rings. The van der Waals surface area contributed by atoms with Crippen LogP contribution in [0.5, 0.6) is 0 Å². The number of hydrogen-bond donors (Lipinski definition) is 0. The molecule has 0 aromatic heterocycles. The summed E-state index contributed by atoms with van der Waals surface area (Å²) in [4.78, 5) is 0. The Labute approximate surface area is 91.1 Å². The number of halogens is 3. The van der Waals surface area contributed by atoms with Gasteiger partial charge in [-0.05, 0) is 17.7 Å². The van der Waals surface area contributed by atoms with Gasteiger partial charge in [-0.1, -0.05) is 35.9 Å². The van der Waals surface area contributed by atoms with Crippen molar-refractivity contribution in [3.05, 3.63) is 59.1 Å². The zero-order chi connectivity index (χ0) is 10.8. The minimum absolute atomic E-state index is 0.200. The van der Waals surface area contributed by atoms with Crippen LogP contribution < -0.4 is 0 Å². The van der Waals surface area contributed by atoms with E-state index < -0.39 is 11.6 Å². The highest BCUT2D eigenvalue weighted by Gasteiger charge is 2.09. The molecule has 0 fully saturated rings. The molecule has 3 heteroatoms. The van der Waals surface area contributed by atoms with Gasteiger partial charge in [-0.15, -0.1) is 0 Å². The standard InChI is InChI=1S/C12H6ClF2/c13-9-4-1-3-8(7-9)10-5-2-6-11(14)12(10)15/h1-3,5-7H. The van der Waals surface area contributed by atoms with Gasteiger partial charge >= 0.3 is 0 Å². The van der Waals surface area contributed by atoms with Crippen molar-refractivity contribution >= 4 is 11.6 Å². The van der Waals surface area contributed by atoms with Crippen molar-refractivity contribution in [2.75, 3.05) is 0 Å². The van der Waals surface area contributed by atoms with Gasteiger partial charge in [0.25, 0.3) is 0 Å². The Morgan fingerprint density at radius 3 is 2.67 bits per heavy atom. The van der Waals surface area contributed by atoms with E-state index in [9.17, 15) is 8.78 Å². The van der Waals surface area contributed by atoms with Crippen molar-refractivity contribution in [3.8, 4) is 11.1 Å². The van der Waals surface area contributed by atoms with E-state index in [0.717, 1.165) is 6.07 Å². The predicted octanol–water partition coefficient (Wildman–Crippen LogP) is 4.09. The Hall–Kier alpha value is -1.41. The van der Waals surface area contributed by atoms with Gasteiger partial charge in [-0.25, -0.2) is 8.78 Å². The van der Waals surface area contributed by atoms with Gasteiger partial charge in [0.2, 0.25) is 0 Å². The van der Waals surface area contributed by atoms with Crippen LogP contribution in [0.25, 0.3) is 11.1 Å². The Kier molecular flexibility index (Phi) is 2.69. The molecular formula is C12H6ClF2. The van der Waals surface area contributed by atoms with Crippen molar-refractivity contribution in [3.63, 3.8) is 0 Å². The van der Waals surface area contributed by atoms with Crippen LogP contribution in [-0.2, 0) is 0 Å². The summed E-state index contributed by atoms with van der Waals surface area (Å²) >= 11 is 5.72. The summed E-state index contributed by atoms with van der Waals surface area (Å²) in [6.07, 6.45) is 0. The summed E-state index contributed by atoms with van der Waals surface area (Å²) in [5.41, 5.74) is 0.738. The third-order valence-corrected chi connectivity index (χ3v) is 2.25. The number of benzene rings is 2. The van der Waals surface area contributed by atoms with Crippen LogP contribution in [0.4, 0.5) is 8.78 Å². The highest BCUT2D eigenvalue weighted by Crippen LogP contribution is 2.26. The van der Waals surface area contributed by atoms with Crippen LogP contribution >= 0.6 is 11.6 Å². The average Bonchev–Trinajstić information content (AvgIpc) is 2.22. The van der Waals surface area contributed by atoms with Crippen molar-refractivity contribution in [2.24, 2.45) is 0 Å². The molecule has 15 heavy (non-hydrogen) atoms. The van der Waals surface area contributed by atoms with Crippen LogP contribution in [0.3, 0.4) is 0 Å². The van der Waals surface area contributed by atoms with E-state index in [-0.39, 0.29) is 5.56 Å². The molecule has 0 amide bonds. The fraction of sp³-hybridized carbons (Fsp3) is 0. The number of rotatable bonds is 1. The summed E-state index contributed by atoms with van der Waals surface area (Å²) in [5, 5.41) is 0.371. The molecule has 75 valence electrons. The molecule has 0 saturated heterocycles. The summed E-state index contributed by atoms with van der Waals surface area (Å²) in [5.74, 6) is -1.73. The largest absolute Gasteiger partial charge is 0.204 e. The van der Waals surface area contributed by atoms with Gasteiger partial charge in [0, 0.05) is 16.7 Å². The third kappa shape index (κ3) is 2.00. The number of hydrogen-bond acceptors (Lipinski definition) is 0. The van der Waals surface area contributed by atoms with Gasteiger partial charge < -0.3 is 0 Å². The van der Waals surface area contributed by atoms with E-state index >= 15 is 0 Å². The molecule has 2 aromatic rings. The highest BCUT2D eigenvalue weighted by atomic mass is 35.5. The minimum atomic E-state index is -0.864. The monoisotopic (exact) mass is 223 g/mol. The lowest BCUT2D eigenvalue weighted by atomic mass is 10.1. The molecule has 0 nitrogen and oxygen atoms in total. The molecule has 0 spiro atoms. The molecule has 0 aliphatic heterocycles. The fourth-order valence-corrected chi connectivity index (χ4v) is 1.51. The first kappa shape index (κ1) is 10.1. The Bertz CT molecular complexity index is 495. The normalized spacial score (nSPS) is 10.3. The van der Waals surface area contributed by atoms with Crippen LogP contribution in [-0.4, -0.2) is 0 Å². The molecular weight excluding hydrogens is 218 g/mol. The Morgan fingerprint density at radius 2 is 1.93 bits per heavy atom. The zero-order valence-corrected chi connectivity index (χ0v) is 8.35. The Balaban J connectivity index is 2.59. The molecule has 2 aromatic carbocycles. The molecule has 0 bridgehead atoms. The maximum Gasteiger partial charge on any atom is 0.166 e. The lowest BCUT2D eigenvalue weighted by Gasteiger charge is -2.03. The third-order valence-electron chi connectivity index (χ3n) is 2.03. The van der Waals surface area contributed by atoms with Gasteiger partial charge in [-0.2, -0.15) is 0 Å². The maximum absolute atomic E-state index is 13.4. The topological polar surface area (TPSA) is 0 Å². The predicted molar refractivity (Wildman–Crippen MR) is 55.6 cm³/mol. The molecule has 0 N–H and O–H groups in total. The summed E-state index contributed by atoms with van der Waals surface area (Å²) in [6.45, 7) is 0. The second kappa shape index (κ2) is 3.99. The van der Waals surface area contributed by atoms with Crippen molar-refractivity contribution in [2.45, 2.75) is 0 Å². The minimum Gasteiger partial charge on any atom is -0.204 e. The SMILES string of the molecule is Fc1cccc(-c2cc[c]c(Cl)c2)c1F. The maximum atomic E-state index is 13.4. The van der Waals surface area contributed by atoms with Crippen molar-refractivity contribution in [1.82, 2.24) is 0 Å². The lowest BCUT2D eigenvalue weighted by Crippen LogP contribution is -1.88. The quantitative estimate of drug-likeness (QED) is 0.683. The fourth-order valence-electron chi connectivity index (χ4n) is 1.33. The van der Waals surface area contributed by atoms with Gasteiger partial charge in [0.05, 0.1) is 0 Å². The van der Waals surface area contributed by atoms with Crippen LogP contribution in [0.2, 0.25) is 5.02 Å². The molecule has 0 heterocycles. The Morgan fingerprint density at radius 1 is 1.13 bits per heavy atom. The summed E-state index contributed by atoms with van der Waals surface area (Å²) in [6, 6.07) is 11.5. The van der Waals surface area contributed by atoms with E-state index in [0.29, 0.717) is 10.6 Å². The van der Waals surface area contributed by atoms with Crippen LogP contribution in [0.15, 0.2) is 36.4 Å². The van der Waals surface area contributed by atoms with Gasteiger partial charge in [0.15, 0.2) is 11.6 Å². The van der Waals surface area contributed by atoms with E-state index in [4.69, 9.17) is 11.6 Å². The summed E-state index contributed by atoms with van der Waals surface area (Å²) < 4.78 is 26.3. The zero-order valence-electron chi connectivity index (χ0n) is 7.60. The van der Waals surface area contributed by atoms with E-state index in [1.54, 1.807) is 18.2 Å². The molecule has 2 rings (SSSR count). The second-order valence-corrected chi connectivity index (χ2v) is 3.43. The highest BCUT2D eigenvalue weighted by molar-refractivity contribution is 6.30. The van der Waals surface area contributed by atoms with Gasteiger partial charge in [0.1, 0.15) is 0 Å². The van der Waals surface area contributed by atoms with E-state index in [2.05, 4.69) is 6.07 Å². The average molecular weight is 224 g/mol. The lowest BCUT2D eigenvalue weighted by molar-refractivity contribution is 0.511. The molecule has 0 aliphatic carbocycles. The van der Waals surface area contributed by atoms with Crippen LogP contribution in [0, 0.1) is 17.7 Å². The van der Waals surface area contributed by atoms with Crippen molar-refractivity contribution < 1.29 is 8.78 Å². The van der Waals surface area contributed by atoms with Crippen LogP contribution in [0.1, 0.15) is 0 Å². The molecule has 1 radical (unpaired) electrons. The van der Waals surface area contributed by atoms with E-state index in [1.165, 1.54) is 12.1 Å². The molecule has 0 saturated carbocycles. The van der Waals surface area contributed by atoms with E-state index in [1.807, 2.05) is 0 Å². The molecule has 0 unspecified atom stereocenters. The second-order valence-electron chi connectivity index (χ2n) is 3.03. The van der Waals surface area contributed by atoms with Gasteiger partial charge in [-0.3, -0.25) is 0 Å². The first-order chi connectivity index (χ1) is 7.18. The first-order valence-electron chi connectivity index (χ1n) is 4.30. The summed E-state index contributed by atoms with van der Waals surface area (Å²) in [7, 11) is 0. The van der Waals surface area contributed by atoms with Crippen molar-refractivity contribution in [1.29, 1.82) is 0 Å². The smallest absolute Gasteiger partial charge is 0.166 e. The first-order valence-corrected chi connectivity index (χ1v) is 4.68.